The highest BCUT2D eigenvalue weighted by Crippen LogP contribution is 2.20. The Balaban J connectivity index is 2.20. The fourth-order valence-electron chi connectivity index (χ4n) is 1.57. The maximum Gasteiger partial charge on any atom is 0.303 e. The molecule has 0 aliphatic carbocycles. The van der Waals surface area contributed by atoms with Gasteiger partial charge in [0.05, 0.1) is 6.61 Å². The Morgan fingerprint density at radius 2 is 2.12 bits per heavy atom. The predicted octanol–water partition coefficient (Wildman–Crippen LogP) is 2.60. The molecular formula is C13H19NO3. The van der Waals surface area contributed by atoms with E-state index >= 15 is 0 Å². The van der Waals surface area contributed by atoms with Crippen molar-refractivity contribution in [2.75, 3.05) is 12.3 Å². The third-order valence-corrected chi connectivity index (χ3v) is 2.49. The molecule has 0 aliphatic rings. The number of rotatable bonds is 7. The minimum absolute atomic E-state index is 0.237. The molecule has 0 radical (unpaired) electrons. The SMILES string of the molecule is Cc1cc(N)ccc1OCCCCCC(=O)O. The van der Waals surface area contributed by atoms with Crippen LogP contribution in [0.15, 0.2) is 18.2 Å². The van der Waals surface area contributed by atoms with E-state index in [-0.39, 0.29) is 6.42 Å². The summed E-state index contributed by atoms with van der Waals surface area (Å²) < 4.78 is 5.60. The Hall–Kier alpha value is -1.71. The molecule has 0 aliphatic heterocycles. The standard InChI is InChI=1S/C13H19NO3/c1-10-9-11(14)6-7-12(10)17-8-4-2-3-5-13(15)16/h6-7,9H,2-5,8,14H2,1H3,(H,15,16). The number of nitrogens with two attached hydrogens (primary N) is 1. The third kappa shape index (κ3) is 5.24. The molecule has 94 valence electrons. The second-order valence-corrected chi connectivity index (χ2v) is 4.08. The third-order valence-electron chi connectivity index (χ3n) is 2.49. The van der Waals surface area contributed by atoms with Crippen molar-refractivity contribution in [1.82, 2.24) is 0 Å². The highest BCUT2D eigenvalue weighted by molar-refractivity contribution is 5.66. The van der Waals surface area contributed by atoms with Crippen LogP contribution in [0.1, 0.15) is 31.2 Å². The smallest absolute Gasteiger partial charge is 0.303 e. The van der Waals surface area contributed by atoms with Gasteiger partial charge in [0.15, 0.2) is 0 Å². The molecule has 0 saturated carbocycles. The number of carbonyl (C=O) groups is 1. The summed E-state index contributed by atoms with van der Waals surface area (Å²) in [5.41, 5.74) is 7.40. The van der Waals surface area contributed by atoms with E-state index in [2.05, 4.69) is 0 Å². The molecule has 0 atom stereocenters. The summed E-state index contributed by atoms with van der Waals surface area (Å²) in [7, 11) is 0. The van der Waals surface area contributed by atoms with Gasteiger partial charge in [0, 0.05) is 12.1 Å². The fraction of sp³-hybridized carbons (Fsp3) is 0.462. The summed E-state index contributed by atoms with van der Waals surface area (Å²) >= 11 is 0. The Morgan fingerprint density at radius 1 is 1.35 bits per heavy atom. The van der Waals surface area contributed by atoms with Gasteiger partial charge < -0.3 is 15.6 Å². The van der Waals surface area contributed by atoms with Crippen molar-refractivity contribution < 1.29 is 14.6 Å². The van der Waals surface area contributed by atoms with Crippen molar-refractivity contribution in [3.8, 4) is 5.75 Å². The van der Waals surface area contributed by atoms with E-state index in [0.29, 0.717) is 13.0 Å². The summed E-state index contributed by atoms with van der Waals surface area (Å²) in [6.45, 7) is 2.57. The van der Waals surface area contributed by atoms with Crippen LogP contribution in [-0.2, 0) is 4.79 Å². The van der Waals surface area contributed by atoms with Crippen LogP contribution in [0.4, 0.5) is 5.69 Å². The monoisotopic (exact) mass is 237 g/mol. The van der Waals surface area contributed by atoms with E-state index in [4.69, 9.17) is 15.6 Å². The summed E-state index contributed by atoms with van der Waals surface area (Å²) in [5, 5.41) is 8.47. The number of aliphatic carboxylic acids is 1. The summed E-state index contributed by atoms with van der Waals surface area (Å²) in [6, 6.07) is 5.55. The molecule has 0 spiro atoms. The lowest BCUT2D eigenvalue weighted by atomic mass is 10.2. The second-order valence-electron chi connectivity index (χ2n) is 4.08. The van der Waals surface area contributed by atoms with Gasteiger partial charge in [-0.2, -0.15) is 0 Å². The van der Waals surface area contributed by atoms with E-state index in [1.807, 2.05) is 25.1 Å². The molecule has 0 bridgehead atoms. The first kappa shape index (κ1) is 13.4. The van der Waals surface area contributed by atoms with Gasteiger partial charge >= 0.3 is 5.97 Å². The molecule has 4 nitrogen and oxygen atoms in total. The molecule has 0 amide bonds. The number of carboxylic acids is 1. The van der Waals surface area contributed by atoms with Gasteiger partial charge in [-0.25, -0.2) is 0 Å². The van der Waals surface area contributed by atoms with Gasteiger partial charge in [0.25, 0.3) is 0 Å². The molecular weight excluding hydrogens is 218 g/mol. The normalized spacial score (nSPS) is 10.2. The lowest BCUT2D eigenvalue weighted by Crippen LogP contribution is -2.00. The van der Waals surface area contributed by atoms with Crippen LogP contribution in [0.5, 0.6) is 5.75 Å². The summed E-state index contributed by atoms with van der Waals surface area (Å²) in [5.74, 6) is 0.109. The molecule has 1 aromatic carbocycles. The highest BCUT2D eigenvalue weighted by atomic mass is 16.5. The number of hydrogen-bond acceptors (Lipinski definition) is 3. The van der Waals surface area contributed by atoms with Crippen LogP contribution >= 0.6 is 0 Å². The highest BCUT2D eigenvalue weighted by Gasteiger charge is 2.00. The van der Waals surface area contributed by atoms with Crippen LogP contribution in [0.2, 0.25) is 0 Å². The molecule has 17 heavy (non-hydrogen) atoms. The summed E-state index contributed by atoms with van der Waals surface area (Å²) in [6.07, 6.45) is 2.69. The van der Waals surface area contributed by atoms with Crippen LogP contribution < -0.4 is 10.5 Å². The molecule has 0 heterocycles. The van der Waals surface area contributed by atoms with Crippen LogP contribution in [0.3, 0.4) is 0 Å². The Labute approximate surface area is 101 Å². The van der Waals surface area contributed by atoms with Crippen molar-refractivity contribution in [2.45, 2.75) is 32.6 Å². The van der Waals surface area contributed by atoms with Gasteiger partial charge in [-0.15, -0.1) is 0 Å². The number of nitrogen functional groups attached to an aromatic ring is 1. The van der Waals surface area contributed by atoms with E-state index < -0.39 is 5.97 Å². The zero-order valence-corrected chi connectivity index (χ0v) is 10.1. The maximum absolute atomic E-state index is 10.3. The average Bonchev–Trinajstić information content (AvgIpc) is 2.25. The molecule has 0 unspecified atom stereocenters. The topological polar surface area (TPSA) is 72.5 Å². The lowest BCUT2D eigenvalue weighted by molar-refractivity contribution is -0.137. The largest absolute Gasteiger partial charge is 0.493 e. The first-order valence-electron chi connectivity index (χ1n) is 5.80. The van der Waals surface area contributed by atoms with Crippen molar-refractivity contribution >= 4 is 11.7 Å². The molecule has 4 heteroatoms. The number of anilines is 1. The lowest BCUT2D eigenvalue weighted by Gasteiger charge is -2.09. The minimum Gasteiger partial charge on any atom is -0.493 e. The fourth-order valence-corrected chi connectivity index (χ4v) is 1.57. The zero-order chi connectivity index (χ0) is 12.7. The predicted molar refractivity (Wildman–Crippen MR) is 67.2 cm³/mol. The maximum atomic E-state index is 10.3. The molecule has 3 N–H and O–H groups in total. The van der Waals surface area contributed by atoms with E-state index in [9.17, 15) is 4.79 Å². The van der Waals surface area contributed by atoms with Gasteiger partial charge in [-0.3, -0.25) is 4.79 Å². The number of unbranched alkanes of at least 4 members (excludes halogenated alkanes) is 2. The molecule has 1 rings (SSSR count). The summed E-state index contributed by atoms with van der Waals surface area (Å²) in [4.78, 5) is 10.3. The van der Waals surface area contributed by atoms with Gasteiger partial charge in [-0.05, 0) is 49.9 Å². The van der Waals surface area contributed by atoms with Gasteiger partial charge in [0.1, 0.15) is 5.75 Å². The molecule has 0 saturated heterocycles. The average molecular weight is 237 g/mol. The number of aryl methyl sites for hydroxylation is 1. The van der Waals surface area contributed by atoms with Gasteiger partial charge in [-0.1, -0.05) is 0 Å². The quantitative estimate of drug-likeness (QED) is 0.564. The van der Waals surface area contributed by atoms with E-state index in [0.717, 1.165) is 29.8 Å². The first-order valence-corrected chi connectivity index (χ1v) is 5.80. The van der Waals surface area contributed by atoms with Crippen molar-refractivity contribution in [3.05, 3.63) is 23.8 Å². The Morgan fingerprint density at radius 3 is 2.76 bits per heavy atom. The van der Waals surface area contributed by atoms with Crippen LogP contribution in [0.25, 0.3) is 0 Å². The number of benzene rings is 1. The number of ether oxygens (including phenoxy) is 1. The molecule has 1 aromatic rings. The zero-order valence-electron chi connectivity index (χ0n) is 10.1. The number of hydrogen-bond donors (Lipinski definition) is 2. The molecule has 0 aromatic heterocycles. The second kappa shape index (κ2) is 6.78. The van der Waals surface area contributed by atoms with Crippen molar-refractivity contribution in [3.63, 3.8) is 0 Å². The van der Waals surface area contributed by atoms with Crippen molar-refractivity contribution in [2.24, 2.45) is 0 Å². The van der Waals surface area contributed by atoms with Crippen molar-refractivity contribution in [1.29, 1.82) is 0 Å². The first-order chi connectivity index (χ1) is 8.09. The Kier molecular flexibility index (Phi) is 5.33. The Bertz CT molecular complexity index is 377. The van der Waals surface area contributed by atoms with Crippen LogP contribution in [0, 0.1) is 6.92 Å². The molecule has 0 fully saturated rings. The van der Waals surface area contributed by atoms with E-state index in [1.54, 1.807) is 0 Å². The number of carboxylic acid groups (broad SMARTS) is 1. The minimum atomic E-state index is -0.736. The van der Waals surface area contributed by atoms with Gasteiger partial charge in [0.2, 0.25) is 0 Å². The van der Waals surface area contributed by atoms with Crippen LogP contribution in [-0.4, -0.2) is 17.7 Å². The van der Waals surface area contributed by atoms with E-state index in [1.165, 1.54) is 0 Å².